The van der Waals surface area contributed by atoms with Crippen LogP contribution in [0.15, 0.2) is 0 Å². The Balaban J connectivity index is 2.43. The quantitative estimate of drug-likeness (QED) is 0.666. The highest BCUT2D eigenvalue weighted by atomic mass is 16.2. The molecule has 0 spiro atoms. The molecule has 1 aliphatic rings. The number of hydrogen-bond acceptors (Lipinski definition) is 3. The molecule has 1 saturated carbocycles. The first kappa shape index (κ1) is 16.0. The molecule has 0 aromatic heterocycles. The van der Waals surface area contributed by atoms with Gasteiger partial charge in [-0.25, -0.2) is 0 Å². The second-order valence-electron chi connectivity index (χ2n) is 6.71. The zero-order valence-corrected chi connectivity index (χ0v) is 12.5. The van der Waals surface area contributed by atoms with Crippen LogP contribution in [-0.4, -0.2) is 30.4 Å². The monoisotopic (exact) mass is 269 g/mol. The van der Waals surface area contributed by atoms with Crippen molar-refractivity contribution >= 4 is 11.8 Å². The molecule has 5 nitrogen and oxygen atoms in total. The Kier molecular flexibility index (Phi) is 5.35. The highest BCUT2D eigenvalue weighted by Crippen LogP contribution is 2.24. The minimum Gasteiger partial charge on any atom is -0.352 e. The summed E-state index contributed by atoms with van der Waals surface area (Å²) < 4.78 is 0. The molecular weight excluding hydrogens is 242 g/mol. The Labute approximate surface area is 115 Å². The molecule has 0 aromatic carbocycles. The van der Waals surface area contributed by atoms with E-state index in [2.05, 4.69) is 31.4 Å². The Morgan fingerprint density at radius 2 is 1.84 bits per heavy atom. The van der Waals surface area contributed by atoms with Gasteiger partial charge >= 0.3 is 0 Å². The highest BCUT2D eigenvalue weighted by molar-refractivity contribution is 5.88. The topological polar surface area (TPSA) is 84.2 Å². The number of rotatable bonds is 6. The van der Waals surface area contributed by atoms with Crippen LogP contribution >= 0.6 is 0 Å². The Morgan fingerprint density at radius 3 is 2.26 bits per heavy atom. The first-order valence-electron chi connectivity index (χ1n) is 7.04. The standard InChI is InChI=1S/C14H27N3O2/c1-9(12(18)17-11-5-6-11)16-13(19)10(8-15)7-14(2,3)4/h9-11H,5-8,15H2,1-4H3,(H,16,19)(H,17,18). The molecule has 0 heterocycles. The third kappa shape index (κ3) is 6.05. The van der Waals surface area contributed by atoms with Crippen molar-refractivity contribution < 1.29 is 9.59 Å². The summed E-state index contributed by atoms with van der Waals surface area (Å²) in [5.41, 5.74) is 5.70. The lowest BCUT2D eigenvalue weighted by Crippen LogP contribution is -2.48. The second-order valence-corrected chi connectivity index (χ2v) is 6.71. The van der Waals surface area contributed by atoms with Crippen molar-refractivity contribution in [2.24, 2.45) is 17.1 Å². The molecule has 2 amide bonds. The molecule has 0 aromatic rings. The van der Waals surface area contributed by atoms with Crippen LogP contribution in [0.2, 0.25) is 0 Å². The van der Waals surface area contributed by atoms with Gasteiger partial charge in [0.1, 0.15) is 6.04 Å². The molecule has 1 aliphatic carbocycles. The van der Waals surface area contributed by atoms with E-state index in [1.807, 2.05) is 0 Å². The minimum absolute atomic E-state index is 0.0425. The van der Waals surface area contributed by atoms with E-state index >= 15 is 0 Å². The van der Waals surface area contributed by atoms with Crippen molar-refractivity contribution in [2.75, 3.05) is 6.54 Å². The molecule has 1 rings (SSSR count). The van der Waals surface area contributed by atoms with Crippen LogP contribution in [0.1, 0.15) is 47.0 Å². The van der Waals surface area contributed by atoms with Crippen LogP contribution in [0, 0.1) is 11.3 Å². The van der Waals surface area contributed by atoms with E-state index in [0.717, 1.165) is 12.8 Å². The number of amides is 2. The second kappa shape index (κ2) is 6.37. The fourth-order valence-electron chi connectivity index (χ4n) is 1.97. The van der Waals surface area contributed by atoms with E-state index in [0.29, 0.717) is 19.0 Å². The van der Waals surface area contributed by atoms with Gasteiger partial charge in [-0.2, -0.15) is 0 Å². The van der Waals surface area contributed by atoms with Gasteiger partial charge in [-0.3, -0.25) is 9.59 Å². The summed E-state index contributed by atoms with van der Waals surface area (Å²) in [6.45, 7) is 8.24. The SMILES string of the molecule is CC(NC(=O)C(CN)CC(C)(C)C)C(=O)NC1CC1. The van der Waals surface area contributed by atoms with Gasteiger partial charge in [-0.05, 0) is 31.6 Å². The molecule has 0 aliphatic heterocycles. The van der Waals surface area contributed by atoms with E-state index in [-0.39, 0.29) is 23.1 Å². The summed E-state index contributed by atoms with van der Waals surface area (Å²) in [6, 6.07) is -0.186. The summed E-state index contributed by atoms with van der Waals surface area (Å²) in [4.78, 5) is 23.9. The molecule has 1 fully saturated rings. The number of carbonyl (C=O) groups is 2. The fraction of sp³-hybridized carbons (Fsp3) is 0.857. The number of carbonyl (C=O) groups excluding carboxylic acids is 2. The van der Waals surface area contributed by atoms with Crippen molar-refractivity contribution in [1.29, 1.82) is 0 Å². The van der Waals surface area contributed by atoms with Crippen molar-refractivity contribution in [2.45, 2.75) is 59.0 Å². The zero-order chi connectivity index (χ0) is 14.6. The maximum atomic E-state index is 12.1. The lowest BCUT2D eigenvalue weighted by molar-refractivity contribution is -0.131. The molecule has 0 saturated heterocycles. The first-order valence-corrected chi connectivity index (χ1v) is 7.04. The lowest BCUT2D eigenvalue weighted by Gasteiger charge is -2.25. The molecule has 19 heavy (non-hydrogen) atoms. The lowest BCUT2D eigenvalue weighted by atomic mass is 9.84. The van der Waals surface area contributed by atoms with Crippen molar-refractivity contribution in [3.63, 3.8) is 0 Å². The molecule has 110 valence electrons. The van der Waals surface area contributed by atoms with Crippen LogP contribution in [0.4, 0.5) is 0 Å². The van der Waals surface area contributed by atoms with Gasteiger partial charge in [-0.15, -0.1) is 0 Å². The maximum absolute atomic E-state index is 12.1. The van der Waals surface area contributed by atoms with Gasteiger partial charge in [0, 0.05) is 12.6 Å². The van der Waals surface area contributed by atoms with Crippen molar-refractivity contribution in [1.82, 2.24) is 10.6 Å². The maximum Gasteiger partial charge on any atom is 0.242 e. The van der Waals surface area contributed by atoms with Gasteiger partial charge in [-0.1, -0.05) is 20.8 Å². The summed E-state index contributed by atoms with van der Waals surface area (Å²) >= 11 is 0. The normalized spacial score (nSPS) is 18.6. The van der Waals surface area contributed by atoms with Crippen LogP contribution in [0.5, 0.6) is 0 Å². The smallest absolute Gasteiger partial charge is 0.242 e. The van der Waals surface area contributed by atoms with Gasteiger partial charge in [0.15, 0.2) is 0 Å². The van der Waals surface area contributed by atoms with E-state index < -0.39 is 6.04 Å². The summed E-state index contributed by atoms with van der Waals surface area (Å²) in [7, 11) is 0. The Bertz CT molecular complexity index is 332. The molecule has 2 unspecified atom stereocenters. The third-order valence-corrected chi connectivity index (χ3v) is 3.19. The van der Waals surface area contributed by atoms with Gasteiger partial charge < -0.3 is 16.4 Å². The first-order chi connectivity index (χ1) is 8.73. The zero-order valence-electron chi connectivity index (χ0n) is 12.5. The third-order valence-electron chi connectivity index (χ3n) is 3.19. The minimum atomic E-state index is -0.498. The Hall–Kier alpha value is -1.10. The van der Waals surface area contributed by atoms with E-state index in [4.69, 9.17) is 5.73 Å². The predicted octanol–water partition coefficient (Wildman–Crippen LogP) is 0.781. The number of nitrogens with one attached hydrogen (secondary N) is 2. The summed E-state index contributed by atoms with van der Waals surface area (Å²) in [6.07, 6.45) is 2.80. The molecule has 5 heteroatoms. The predicted molar refractivity (Wildman–Crippen MR) is 75.4 cm³/mol. The molecule has 0 bridgehead atoms. The summed E-state index contributed by atoms with van der Waals surface area (Å²) in [5.74, 6) is -0.477. The van der Waals surface area contributed by atoms with Crippen LogP contribution in [-0.2, 0) is 9.59 Å². The highest BCUT2D eigenvalue weighted by Gasteiger charge is 2.28. The number of nitrogens with two attached hydrogens (primary N) is 1. The van der Waals surface area contributed by atoms with E-state index in [9.17, 15) is 9.59 Å². The van der Waals surface area contributed by atoms with Crippen molar-refractivity contribution in [3.05, 3.63) is 0 Å². The molecule has 4 N–H and O–H groups in total. The van der Waals surface area contributed by atoms with Gasteiger partial charge in [0.25, 0.3) is 0 Å². The van der Waals surface area contributed by atoms with Crippen molar-refractivity contribution in [3.8, 4) is 0 Å². The Morgan fingerprint density at radius 1 is 1.26 bits per heavy atom. The van der Waals surface area contributed by atoms with Crippen LogP contribution < -0.4 is 16.4 Å². The van der Waals surface area contributed by atoms with Gasteiger partial charge in [0.2, 0.25) is 11.8 Å². The van der Waals surface area contributed by atoms with Gasteiger partial charge in [0.05, 0.1) is 5.92 Å². The molecule has 0 radical (unpaired) electrons. The molecular formula is C14H27N3O2. The van der Waals surface area contributed by atoms with Crippen LogP contribution in [0.3, 0.4) is 0 Å². The fourth-order valence-corrected chi connectivity index (χ4v) is 1.97. The average Bonchev–Trinajstić information content (AvgIpc) is 3.08. The number of hydrogen-bond donors (Lipinski definition) is 3. The molecule has 2 atom stereocenters. The largest absolute Gasteiger partial charge is 0.352 e. The summed E-state index contributed by atoms with van der Waals surface area (Å²) in [5, 5.41) is 5.63. The van der Waals surface area contributed by atoms with E-state index in [1.54, 1.807) is 6.92 Å². The van der Waals surface area contributed by atoms with Crippen LogP contribution in [0.25, 0.3) is 0 Å². The van der Waals surface area contributed by atoms with E-state index in [1.165, 1.54) is 0 Å². The average molecular weight is 269 g/mol.